The molecular weight excluding hydrogens is 208 g/mol. The second-order valence-corrected chi connectivity index (χ2v) is 4.77. The highest BCUT2D eigenvalue weighted by Gasteiger charge is 2.36. The van der Waals surface area contributed by atoms with Crippen molar-refractivity contribution in [3.05, 3.63) is 0 Å². The zero-order valence-corrected chi connectivity index (χ0v) is 9.84. The molecule has 0 aromatic carbocycles. The van der Waals surface area contributed by atoms with Crippen LogP contribution in [-0.2, 0) is 9.47 Å². The zero-order chi connectivity index (χ0) is 11.5. The topological polar surface area (TPSA) is 68.0 Å². The average molecular weight is 230 g/mol. The zero-order valence-electron chi connectivity index (χ0n) is 9.84. The maximum atomic E-state index is 9.83. The largest absolute Gasteiger partial charge is 0.389 e. The van der Waals surface area contributed by atoms with Crippen molar-refractivity contribution in [1.29, 1.82) is 0 Å². The van der Waals surface area contributed by atoms with Gasteiger partial charge in [0.15, 0.2) is 0 Å². The third-order valence-corrected chi connectivity index (χ3v) is 3.59. The summed E-state index contributed by atoms with van der Waals surface area (Å²) >= 11 is 0. The first-order chi connectivity index (χ1) is 7.72. The first kappa shape index (κ1) is 12.3. The molecule has 94 valence electrons. The summed E-state index contributed by atoms with van der Waals surface area (Å²) in [6.45, 7) is 3.06. The maximum absolute atomic E-state index is 9.83. The summed E-state index contributed by atoms with van der Waals surface area (Å²) in [4.78, 5) is 2.34. The number of hydrogen-bond donors (Lipinski definition) is 2. The van der Waals surface area contributed by atoms with Crippen molar-refractivity contribution in [2.24, 2.45) is 5.73 Å². The quantitative estimate of drug-likeness (QED) is 0.661. The molecule has 3 N–H and O–H groups in total. The predicted octanol–water partition coefficient (Wildman–Crippen LogP) is -0.816. The van der Waals surface area contributed by atoms with Crippen LogP contribution in [0.25, 0.3) is 0 Å². The van der Waals surface area contributed by atoms with Gasteiger partial charge in [-0.2, -0.15) is 0 Å². The highest BCUT2D eigenvalue weighted by molar-refractivity contribution is 4.90. The van der Waals surface area contributed by atoms with E-state index in [2.05, 4.69) is 4.90 Å². The normalized spacial score (nSPS) is 40.7. The molecule has 2 heterocycles. The minimum atomic E-state index is -0.524. The van der Waals surface area contributed by atoms with Crippen LogP contribution in [-0.4, -0.2) is 67.7 Å². The highest BCUT2D eigenvalue weighted by Crippen LogP contribution is 2.21. The van der Waals surface area contributed by atoms with Gasteiger partial charge in [0, 0.05) is 19.7 Å². The van der Waals surface area contributed by atoms with Crippen molar-refractivity contribution in [3.63, 3.8) is 0 Å². The van der Waals surface area contributed by atoms with E-state index in [-0.39, 0.29) is 12.1 Å². The number of aliphatic hydroxyl groups excluding tert-OH is 1. The lowest BCUT2D eigenvalue weighted by Crippen LogP contribution is -2.44. The van der Waals surface area contributed by atoms with Gasteiger partial charge < -0.3 is 20.3 Å². The first-order valence-corrected chi connectivity index (χ1v) is 6.00. The fourth-order valence-corrected chi connectivity index (χ4v) is 2.62. The molecule has 2 aliphatic heterocycles. The fraction of sp³-hybridized carbons (Fsp3) is 1.00. The summed E-state index contributed by atoms with van der Waals surface area (Å²) in [5, 5.41) is 9.83. The Bertz CT molecular complexity index is 227. The van der Waals surface area contributed by atoms with Crippen LogP contribution in [0.1, 0.15) is 12.8 Å². The Morgan fingerprint density at radius 1 is 1.56 bits per heavy atom. The van der Waals surface area contributed by atoms with Crippen molar-refractivity contribution in [2.45, 2.75) is 37.1 Å². The van der Waals surface area contributed by atoms with Crippen LogP contribution < -0.4 is 5.73 Å². The molecule has 2 rings (SSSR count). The van der Waals surface area contributed by atoms with E-state index in [1.165, 1.54) is 12.8 Å². The van der Waals surface area contributed by atoms with Gasteiger partial charge in [-0.05, 0) is 19.4 Å². The number of ether oxygens (including phenoxy) is 2. The van der Waals surface area contributed by atoms with Crippen molar-refractivity contribution < 1.29 is 14.6 Å². The Hall–Kier alpha value is -0.200. The summed E-state index contributed by atoms with van der Waals surface area (Å²) in [7, 11) is 1.73. The molecule has 0 unspecified atom stereocenters. The molecule has 2 fully saturated rings. The lowest BCUT2D eigenvalue weighted by Gasteiger charge is -2.27. The second-order valence-electron chi connectivity index (χ2n) is 4.77. The summed E-state index contributed by atoms with van der Waals surface area (Å²) in [6, 6.07) is 0.242. The number of nitrogens with two attached hydrogens (primary N) is 1. The molecule has 0 saturated carbocycles. The first-order valence-electron chi connectivity index (χ1n) is 6.00. The van der Waals surface area contributed by atoms with Crippen LogP contribution in [0, 0.1) is 0 Å². The van der Waals surface area contributed by atoms with Crippen LogP contribution in [0.5, 0.6) is 0 Å². The molecule has 0 radical (unpaired) electrons. The number of rotatable bonds is 4. The molecule has 5 heteroatoms. The number of hydrogen-bond acceptors (Lipinski definition) is 5. The summed E-state index contributed by atoms with van der Waals surface area (Å²) < 4.78 is 10.7. The fourth-order valence-electron chi connectivity index (χ4n) is 2.62. The van der Waals surface area contributed by atoms with E-state index < -0.39 is 6.10 Å². The number of likely N-dealkylation sites (tertiary alicyclic amines) is 1. The van der Waals surface area contributed by atoms with Gasteiger partial charge in [0.25, 0.3) is 0 Å². The Balaban J connectivity index is 1.84. The molecule has 2 saturated heterocycles. The Morgan fingerprint density at radius 2 is 2.38 bits per heavy atom. The van der Waals surface area contributed by atoms with E-state index >= 15 is 0 Å². The minimum Gasteiger partial charge on any atom is -0.389 e. The highest BCUT2D eigenvalue weighted by atomic mass is 16.5. The standard InChI is InChI=1S/C11H22N2O3/c1-15-6-8-3-2-4-13(8)5-10-11(14)9(12)7-16-10/h8-11,14H,2-7,12H2,1H3/t8-,9+,10+,11-/m1/s1. The van der Waals surface area contributed by atoms with Gasteiger partial charge in [0.05, 0.1) is 31.5 Å². The van der Waals surface area contributed by atoms with Crippen molar-refractivity contribution in [2.75, 3.05) is 33.4 Å². The Labute approximate surface area is 96.5 Å². The molecular formula is C11H22N2O3. The summed E-state index contributed by atoms with van der Waals surface area (Å²) in [5.41, 5.74) is 5.72. The number of methoxy groups -OCH3 is 1. The number of nitrogens with zero attached hydrogens (tertiary/aromatic N) is 1. The number of aliphatic hydroxyl groups is 1. The molecule has 0 aliphatic carbocycles. The van der Waals surface area contributed by atoms with Crippen LogP contribution in [0.3, 0.4) is 0 Å². The van der Waals surface area contributed by atoms with E-state index in [9.17, 15) is 5.11 Å². The molecule has 0 aromatic rings. The Kier molecular flexibility index (Phi) is 4.16. The van der Waals surface area contributed by atoms with E-state index in [4.69, 9.17) is 15.2 Å². The van der Waals surface area contributed by atoms with Crippen molar-refractivity contribution in [1.82, 2.24) is 4.90 Å². The van der Waals surface area contributed by atoms with Gasteiger partial charge in [-0.1, -0.05) is 0 Å². The molecule has 0 amide bonds. The molecule has 16 heavy (non-hydrogen) atoms. The lowest BCUT2D eigenvalue weighted by atomic mass is 10.1. The van der Waals surface area contributed by atoms with Gasteiger partial charge in [0.1, 0.15) is 0 Å². The second kappa shape index (κ2) is 5.42. The van der Waals surface area contributed by atoms with E-state index in [0.717, 1.165) is 19.7 Å². The van der Waals surface area contributed by atoms with E-state index in [1.54, 1.807) is 7.11 Å². The Morgan fingerprint density at radius 3 is 3.00 bits per heavy atom. The lowest BCUT2D eigenvalue weighted by molar-refractivity contribution is 0.00507. The van der Waals surface area contributed by atoms with Gasteiger partial charge in [0.2, 0.25) is 0 Å². The van der Waals surface area contributed by atoms with Gasteiger partial charge in [-0.3, -0.25) is 4.90 Å². The van der Waals surface area contributed by atoms with Gasteiger partial charge >= 0.3 is 0 Å². The van der Waals surface area contributed by atoms with E-state index in [1.807, 2.05) is 0 Å². The molecule has 5 nitrogen and oxygen atoms in total. The maximum Gasteiger partial charge on any atom is 0.0987 e. The minimum absolute atomic E-state index is 0.132. The summed E-state index contributed by atoms with van der Waals surface area (Å²) in [5.74, 6) is 0. The monoisotopic (exact) mass is 230 g/mol. The van der Waals surface area contributed by atoms with Gasteiger partial charge in [-0.25, -0.2) is 0 Å². The van der Waals surface area contributed by atoms with Crippen LogP contribution in [0.4, 0.5) is 0 Å². The van der Waals surface area contributed by atoms with Crippen molar-refractivity contribution in [3.8, 4) is 0 Å². The van der Waals surface area contributed by atoms with Crippen molar-refractivity contribution >= 4 is 0 Å². The van der Waals surface area contributed by atoms with Gasteiger partial charge in [-0.15, -0.1) is 0 Å². The molecule has 0 aromatic heterocycles. The third kappa shape index (κ3) is 2.55. The van der Waals surface area contributed by atoms with Crippen LogP contribution >= 0.6 is 0 Å². The van der Waals surface area contributed by atoms with Crippen LogP contribution in [0.15, 0.2) is 0 Å². The van der Waals surface area contributed by atoms with E-state index in [0.29, 0.717) is 12.6 Å². The molecule has 2 aliphatic rings. The molecule has 0 bridgehead atoms. The molecule has 4 atom stereocenters. The molecule has 0 spiro atoms. The third-order valence-electron chi connectivity index (χ3n) is 3.59. The average Bonchev–Trinajstić information content (AvgIpc) is 2.82. The predicted molar refractivity (Wildman–Crippen MR) is 60.2 cm³/mol. The summed E-state index contributed by atoms with van der Waals surface area (Å²) in [6.07, 6.45) is 1.71. The SMILES string of the molecule is COC[C@H]1CCCN1C[C@@H]1OC[C@H](N)[C@H]1O. The van der Waals surface area contributed by atoms with Crippen LogP contribution in [0.2, 0.25) is 0 Å². The smallest absolute Gasteiger partial charge is 0.0987 e.